The van der Waals surface area contributed by atoms with E-state index in [1.165, 1.54) is 32.1 Å². The van der Waals surface area contributed by atoms with E-state index in [0.717, 1.165) is 10.7 Å². The zero-order valence-electron chi connectivity index (χ0n) is 11.9. The Hall–Kier alpha value is -1.48. The van der Waals surface area contributed by atoms with Crippen molar-refractivity contribution in [3.63, 3.8) is 0 Å². The summed E-state index contributed by atoms with van der Waals surface area (Å²) in [5, 5.41) is 1.13. The summed E-state index contributed by atoms with van der Waals surface area (Å²) >= 11 is 1.71. The van der Waals surface area contributed by atoms with Gasteiger partial charge >= 0.3 is 0 Å². The first-order valence-electron chi connectivity index (χ1n) is 7.73. The van der Waals surface area contributed by atoms with Crippen molar-refractivity contribution in [2.24, 2.45) is 5.92 Å². The third-order valence-corrected chi connectivity index (χ3v) is 6.02. The molecular formula is C18H18O2S. The highest BCUT2D eigenvalue weighted by atomic mass is 32.2. The number of fused-ring (bicyclic) bond motifs is 2. The zero-order chi connectivity index (χ0) is 14.2. The smallest absolute Gasteiger partial charge is 0.206 e. The van der Waals surface area contributed by atoms with Gasteiger partial charge in [0.15, 0.2) is 0 Å². The van der Waals surface area contributed by atoms with Crippen LogP contribution < -0.4 is 5.43 Å². The maximum absolute atomic E-state index is 12.7. The van der Waals surface area contributed by atoms with Crippen LogP contribution in [0.15, 0.2) is 44.4 Å². The maximum Gasteiger partial charge on any atom is 0.206 e. The molecule has 2 aromatic rings. The van der Waals surface area contributed by atoms with Gasteiger partial charge in [0.2, 0.25) is 5.43 Å². The molecule has 1 saturated carbocycles. The molecule has 4 rings (SSSR count). The lowest BCUT2D eigenvalue weighted by Gasteiger charge is -2.29. The van der Waals surface area contributed by atoms with Gasteiger partial charge in [0.05, 0.1) is 10.3 Å². The Morgan fingerprint density at radius 2 is 1.90 bits per heavy atom. The summed E-state index contributed by atoms with van der Waals surface area (Å²) in [5.41, 5.74) is 0.810. The summed E-state index contributed by atoms with van der Waals surface area (Å²) in [6.45, 7) is 0. The Kier molecular flexibility index (Phi) is 3.38. The third kappa shape index (κ3) is 2.34. The van der Waals surface area contributed by atoms with Gasteiger partial charge in [-0.2, -0.15) is 0 Å². The van der Waals surface area contributed by atoms with Crippen LogP contribution in [-0.4, -0.2) is 5.25 Å². The Bertz CT molecular complexity index is 753. The predicted molar refractivity (Wildman–Crippen MR) is 87.7 cm³/mol. The summed E-state index contributed by atoms with van der Waals surface area (Å²) in [6.07, 6.45) is 10.8. The van der Waals surface area contributed by atoms with E-state index in [1.807, 2.05) is 30.3 Å². The molecule has 3 heteroatoms. The lowest BCUT2D eigenvalue weighted by Crippen LogP contribution is -2.22. The minimum atomic E-state index is 0.127. The number of para-hydroxylation sites is 1. The molecule has 2 nitrogen and oxygen atoms in total. The van der Waals surface area contributed by atoms with Crippen molar-refractivity contribution in [2.45, 2.75) is 42.2 Å². The van der Waals surface area contributed by atoms with Crippen LogP contribution in [0.1, 0.15) is 37.9 Å². The van der Waals surface area contributed by atoms with Crippen molar-refractivity contribution >= 4 is 28.8 Å². The van der Waals surface area contributed by atoms with Crippen LogP contribution in [0.4, 0.5) is 0 Å². The molecule has 1 fully saturated rings. The summed E-state index contributed by atoms with van der Waals surface area (Å²) in [4.78, 5) is 13.5. The zero-order valence-corrected chi connectivity index (χ0v) is 12.7. The monoisotopic (exact) mass is 298 g/mol. The van der Waals surface area contributed by atoms with Gasteiger partial charge in [-0.25, -0.2) is 0 Å². The van der Waals surface area contributed by atoms with Crippen molar-refractivity contribution < 1.29 is 4.42 Å². The van der Waals surface area contributed by atoms with Crippen molar-refractivity contribution in [2.75, 3.05) is 0 Å². The van der Waals surface area contributed by atoms with Crippen LogP contribution in [0, 0.1) is 5.92 Å². The van der Waals surface area contributed by atoms with Crippen LogP contribution in [0.2, 0.25) is 0 Å². The van der Waals surface area contributed by atoms with E-state index in [0.29, 0.717) is 22.1 Å². The standard InChI is InChI=1S/C18H18O2S/c19-17-13-8-4-5-9-14(13)20-15-10-11-16(21-18(15)17)12-6-2-1-3-7-12/h4-5,8-12,16H,1-3,6-7H2. The highest BCUT2D eigenvalue weighted by Gasteiger charge is 2.28. The molecule has 0 amide bonds. The van der Waals surface area contributed by atoms with Crippen LogP contribution in [0.5, 0.6) is 0 Å². The Labute approximate surface area is 128 Å². The van der Waals surface area contributed by atoms with Crippen molar-refractivity contribution in [3.05, 3.63) is 46.3 Å². The lowest BCUT2D eigenvalue weighted by atomic mass is 9.86. The second kappa shape index (κ2) is 5.38. The van der Waals surface area contributed by atoms with E-state index in [1.54, 1.807) is 11.8 Å². The fourth-order valence-electron chi connectivity index (χ4n) is 3.44. The van der Waals surface area contributed by atoms with Gasteiger partial charge in [0, 0.05) is 5.25 Å². The van der Waals surface area contributed by atoms with E-state index in [4.69, 9.17) is 4.42 Å². The first-order valence-corrected chi connectivity index (χ1v) is 8.61. The van der Waals surface area contributed by atoms with E-state index >= 15 is 0 Å². The molecule has 0 N–H and O–H groups in total. The number of rotatable bonds is 1. The van der Waals surface area contributed by atoms with Gasteiger partial charge in [-0.1, -0.05) is 37.5 Å². The van der Waals surface area contributed by atoms with Gasteiger partial charge in [-0.05, 0) is 37.0 Å². The quantitative estimate of drug-likeness (QED) is 0.753. The number of benzene rings is 1. The van der Waals surface area contributed by atoms with Crippen molar-refractivity contribution in [3.8, 4) is 0 Å². The molecular weight excluding hydrogens is 280 g/mol. The molecule has 1 aliphatic heterocycles. The molecule has 0 bridgehead atoms. The summed E-state index contributed by atoms with van der Waals surface area (Å²) < 4.78 is 5.89. The molecule has 21 heavy (non-hydrogen) atoms. The number of thioether (sulfide) groups is 1. The van der Waals surface area contributed by atoms with E-state index in [-0.39, 0.29) is 5.43 Å². The number of hydrogen-bond donors (Lipinski definition) is 0. The second-order valence-electron chi connectivity index (χ2n) is 5.96. The fraction of sp³-hybridized carbons (Fsp3) is 0.389. The molecule has 0 saturated heterocycles. The van der Waals surface area contributed by atoms with Crippen LogP contribution in [0.3, 0.4) is 0 Å². The van der Waals surface area contributed by atoms with Gasteiger partial charge in [-0.15, -0.1) is 11.8 Å². The van der Waals surface area contributed by atoms with E-state index < -0.39 is 0 Å². The van der Waals surface area contributed by atoms with Gasteiger partial charge in [0.1, 0.15) is 11.3 Å². The van der Waals surface area contributed by atoms with Crippen molar-refractivity contribution in [1.82, 2.24) is 0 Å². The normalized spacial score (nSPS) is 22.4. The molecule has 108 valence electrons. The van der Waals surface area contributed by atoms with Crippen LogP contribution >= 0.6 is 11.8 Å². The SMILES string of the molecule is O=c1c2c(oc3ccccc13)C=CC(C1CCCCC1)S2. The second-order valence-corrected chi connectivity index (χ2v) is 7.15. The average Bonchev–Trinajstić information content (AvgIpc) is 2.56. The molecule has 1 aromatic heterocycles. The Morgan fingerprint density at radius 1 is 1.10 bits per heavy atom. The third-order valence-electron chi connectivity index (χ3n) is 4.59. The van der Waals surface area contributed by atoms with Gasteiger partial charge in [0.25, 0.3) is 0 Å². The Balaban J connectivity index is 1.75. The molecule has 2 heterocycles. The number of hydrogen-bond acceptors (Lipinski definition) is 3. The first-order chi connectivity index (χ1) is 10.3. The molecule has 1 aliphatic carbocycles. The van der Waals surface area contributed by atoms with Crippen LogP contribution in [0.25, 0.3) is 17.0 Å². The molecule has 1 unspecified atom stereocenters. The predicted octanol–water partition coefficient (Wildman–Crippen LogP) is 4.86. The molecule has 0 spiro atoms. The lowest BCUT2D eigenvalue weighted by molar-refractivity contribution is 0.367. The molecule has 1 atom stereocenters. The van der Waals surface area contributed by atoms with E-state index in [2.05, 4.69) is 6.08 Å². The largest absolute Gasteiger partial charge is 0.455 e. The fourth-order valence-corrected chi connectivity index (χ4v) is 4.77. The minimum Gasteiger partial charge on any atom is -0.455 e. The van der Waals surface area contributed by atoms with Crippen molar-refractivity contribution in [1.29, 1.82) is 0 Å². The topological polar surface area (TPSA) is 30.2 Å². The Morgan fingerprint density at radius 3 is 2.76 bits per heavy atom. The average molecular weight is 298 g/mol. The molecule has 1 aromatic carbocycles. The van der Waals surface area contributed by atoms with E-state index in [9.17, 15) is 4.79 Å². The molecule has 0 radical (unpaired) electrons. The maximum atomic E-state index is 12.7. The first kappa shape index (κ1) is 13.2. The summed E-state index contributed by atoms with van der Waals surface area (Å²) in [7, 11) is 0. The summed E-state index contributed by atoms with van der Waals surface area (Å²) in [5.74, 6) is 1.44. The highest BCUT2D eigenvalue weighted by Crippen LogP contribution is 2.40. The minimum absolute atomic E-state index is 0.127. The van der Waals surface area contributed by atoms with Gasteiger partial charge in [-0.3, -0.25) is 4.79 Å². The summed E-state index contributed by atoms with van der Waals surface area (Å²) in [6, 6.07) is 7.52. The highest BCUT2D eigenvalue weighted by molar-refractivity contribution is 8.00. The van der Waals surface area contributed by atoms with Crippen LogP contribution in [-0.2, 0) is 0 Å². The van der Waals surface area contributed by atoms with Gasteiger partial charge < -0.3 is 4.42 Å². The molecule has 2 aliphatic rings.